The third-order valence-corrected chi connectivity index (χ3v) is 4.45. The molecule has 0 radical (unpaired) electrons. The van der Waals surface area contributed by atoms with Gasteiger partial charge in [0.05, 0.1) is 0 Å². The van der Waals surface area contributed by atoms with Crippen molar-refractivity contribution in [3.05, 3.63) is 46.8 Å². The van der Waals surface area contributed by atoms with Gasteiger partial charge in [-0.2, -0.15) is 0 Å². The van der Waals surface area contributed by atoms with Gasteiger partial charge >= 0.3 is 145 Å². The van der Waals surface area contributed by atoms with Crippen molar-refractivity contribution in [2.75, 3.05) is 3.22 Å². The first-order valence-electron chi connectivity index (χ1n) is 6.40. The van der Waals surface area contributed by atoms with Crippen molar-refractivity contribution in [3.63, 3.8) is 0 Å². The zero-order valence-corrected chi connectivity index (χ0v) is 14.5. The van der Waals surface area contributed by atoms with Gasteiger partial charge in [0.25, 0.3) is 0 Å². The second-order valence-electron chi connectivity index (χ2n) is 4.31. The van der Waals surface area contributed by atoms with Crippen molar-refractivity contribution in [1.82, 2.24) is 10.4 Å². The average Bonchev–Trinajstić information content (AvgIpc) is 2.55. The minimum atomic E-state index is -0.846. The van der Waals surface area contributed by atoms with Gasteiger partial charge in [0.2, 0.25) is 0 Å². The van der Waals surface area contributed by atoms with Crippen LogP contribution >= 0.6 is 11.6 Å². The number of nitrogens with one attached hydrogen (secondary N) is 2. The van der Waals surface area contributed by atoms with Crippen molar-refractivity contribution < 1.29 is 21.8 Å². The second kappa shape index (κ2) is 8.11. The number of rotatable bonds is 5. The first-order chi connectivity index (χ1) is 10.6. The number of aromatic nitrogens is 1. The van der Waals surface area contributed by atoms with E-state index < -0.39 is 21.8 Å². The number of hydrogen-bond acceptors (Lipinski definition) is 5. The molecule has 0 aliphatic heterocycles. The van der Waals surface area contributed by atoms with E-state index in [9.17, 15) is 0 Å². The number of pyridine rings is 1. The number of hydrazine groups is 1. The van der Waals surface area contributed by atoms with E-state index in [1.807, 2.05) is 12.2 Å². The Morgan fingerprint density at radius 2 is 2.36 bits per heavy atom. The molecule has 0 saturated heterocycles. The summed E-state index contributed by atoms with van der Waals surface area (Å²) < 4.78 is 7.47. The topological polar surface area (TPSA) is 116 Å². The van der Waals surface area contributed by atoms with E-state index in [0.29, 0.717) is 22.1 Å². The summed E-state index contributed by atoms with van der Waals surface area (Å²) in [6.45, 7) is 0. The Morgan fingerprint density at radius 1 is 1.55 bits per heavy atom. The van der Waals surface area contributed by atoms with Gasteiger partial charge in [-0.05, 0) is 0 Å². The number of guanidine groups is 1. The third kappa shape index (κ3) is 4.42. The Hall–Kier alpha value is -1.65. The predicted octanol–water partition coefficient (Wildman–Crippen LogP) is -1.62. The van der Waals surface area contributed by atoms with Crippen LogP contribution < -0.4 is 40.1 Å². The Balaban J connectivity index is 2.11. The summed E-state index contributed by atoms with van der Waals surface area (Å²) in [5.74, 6) is 0.820. The molecule has 22 heavy (non-hydrogen) atoms. The molecule has 118 valence electrons. The first-order valence-corrected chi connectivity index (χ1v) is 8.99. The van der Waals surface area contributed by atoms with Crippen LogP contribution in [0.1, 0.15) is 18.4 Å². The van der Waals surface area contributed by atoms with Crippen molar-refractivity contribution >= 4 is 29.6 Å². The molecule has 0 bridgehead atoms. The molecule has 1 heterocycles. The van der Waals surface area contributed by atoms with Crippen LogP contribution in [0.4, 0.5) is 5.82 Å². The average molecular weight is 433 g/mol. The number of anilines is 1. The molecule has 0 aromatic carbocycles. The van der Waals surface area contributed by atoms with Crippen LogP contribution in [-0.2, 0) is 0 Å². The van der Waals surface area contributed by atoms with Gasteiger partial charge in [-0.1, -0.05) is 0 Å². The molecular formula is C13H16ClIN7-. The van der Waals surface area contributed by atoms with E-state index in [2.05, 4.69) is 15.4 Å². The van der Waals surface area contributed by atoms with E-state index in [1.165, 1.54) is 6.21 Å². The van der Waals surface area contributed by atoms with Gasteiger partial charge < -0.3 is 0 Å². The molecule has 0 atom stereocenters. The summed E-state index contributed by atoms with van der Waals surface area (Å²) in [5.41, 5.74) is 10.2. The molecule has 1 aliphatic carbocycles. The number of halogens is 2. The summed E-state index contributed by atoms with van der Waals surface area (Å²) in [4.78, 5) is 8.50. The van der Waals surface area contributed by atoms with Crippen LogP contribution in [0.2, 0.25) is 0 Å². The molecule has 0 fully saturated rings. The number of nitrogens with two attached hydrogens (primary N) is 2. The number of allylic oxidation sites excluding steroid dienone is 3. The van der Waals surface area contributed by atoms with Crippen LogP contribution in [-0.4, -0.2) is 17.2 Å². The van der Waals surface area contributed by atoms with Gasteiger partial charge in [0.1, 0.15) is 0 Å². The molecule has 0 saturated carbocycles. The summed E-state index contributed by atoms with van der Waals surface area (Å²) in [6.07, 6.45) is 8.35. The van der Waals surface area contributed by atoms with Gasteiger partial charge in [-0.15, -0.1) is 0 Å². The molecule has 2 rings (SSSR count). The molecule has 1 aromatic rings. The fraction of sp³-hybridized carbons (Fsp3) is 0.154. The Kier molecular flexibility index (Phi) is 6.16. The molecule has 1 aromatic heterocycles. The summed E-state index contributed by atoms with van der Waals surface area (Å²) in [7, 11) is 0. The minimum absolute atomic E-state index is 0.197. The second-order valence-corrected chi connectivity index (χ2v) is 6.29. The third-order valence-electron chi connectivity index (χ3n) is 2.77. The molecular weight excluding hydrogens is 417 g/mol. The van der Waals surface area contributed by atoms with Crippen LogP contribution in [0.25, 0.3) is 0 Å². The van der Waals surface area contributed by atoms with E-state index in [4.69, 9.17) is 26.7 Å². The number of nitrogens with zero attached hydrogens (tertiary/aromatic N) is 3. The Bertz CT molecular complexity index is 624. The fourth-order valence-electron chi connectivity index (χ4n) is 1.71. The van der Waals surface area contributed by atoms with Crippen LogP contribution in [0.3, 0.4) is 0 Å². The summed E-state index contributed by atoms with van der Waals surface area (Å²) in [5, 5.41) is 7.86. The summed E-state index contributed by atoms with van der Waals surface area (Å²) in [6, 6.07) is 3.54. The van der Waals surface area contributed by atoms with Crippen molar-refractivity contribution in [1.29, 1.82) is 5.41 Å². The Morgan fingerprint density at radius 3 is 2.95 bits per heavy atom. The van der Waals surface area contributed by atoms with E-state index >= 15 is 0 Å². The van der Waals surface area contributed by atoms with Gasteiger partial charge in [-0.3, -0.25) is 0 Å². The van der Waals surface area contributed by atoms with Crippen molar-refractivity contribution in [3.8, 4) is 0 Å². The van der Waals surface area contributed by atoms with E-state index in [0.717, 1.165) is 12.8 Å². The van der Waals surface area contributed by atoms with Gasteiger partial charge in [0.15, 0.2) is 0 Å². The predicted molar refractivity (Wildman–Crippen MR) is 84.8 cm³/mol. The van der Waals surface area contributed by atoms with Crippen molar-refractivity contribution in [2.24, 2.45) is 14.7 Å². The van der Waals surface area contributed by atoms with Crippen molar-refractivity contribution in [2.45, 2.75) is 12.8 Å². The quantitative estimate of drug-likeness (QED) is 0.147. The van der Waals surface area contributed by atoms with Gasteiger partial charge in [-0.25, -0.2) is 0 Å². The van der Waals surface area contributed by atoms with E-state index in [-0.39, 0.29) is 5.96 Å². The fourth-order valence-corrected chi connectivity index (χ4v) is 2.88. The standard InChI is InChI=1S/C13H16ClIN7/c14-10-3-1-2-4-11(10)20-13(17)21-22(15-18)12-6-5-9(7-16)8-19-12/h2,4-8,16H,1,3,18H2,(H3,17,20,21)/q-1. The first kappa shape index (κ1) is 16.7. The van der Waals surface area contributed by atoms with E-state index in [1.54, 1.807) is 21.6 Å². The molecule has 9 heteroatoms. The zero-order chi connectivity index (χ0) is 15.9. The van der Waals surface area contributed by atoms with Crippen LogP contribution in [0.15, 0.2) is 46.2 Å². The monoisotopic (exact) mass is 432 g/mol. The summed E-state index contributed by atoms with van der Waals surface area (Å²) >= 11 is 5.27. The molecule has 1 aliphatic rings. The molecule has 0 unspecified atom stereocenters. The maximum absolute atomic E-state index is 7.17. The zero-order valence-electron chi connectivity index (χ0n) is 11.6. The van der Waals surface area contributed by atoms with Crippen LogP contribution in [0.5, 0.6) is 0 Å². The molecule has 0 amide bonds. The Labute approximate surface area is 144 Å². The van der Waals surface area contributed by atoms with Gasteiger partial charge in [0, 0.05) is 0 Å². The molecule has 7 nitrogen and oxygen atoms in total. The maximum atomic E-state index is 7.17. The normalized spacial score (nSPS) is 15.1. The SMILES string of the molecule is N=Cc1ccc(N(NC(N)=NC2=C(Cl)CCC=C2)[I-]N)nc1. The molecule has 0 spiro atoms. The van der Waals surface area contributed by atoms with Crippen LogP contribution in [0, 0.1) is 5.41 Å². The molecule has 6 N–H and O–H groups in total. The number of aliphatic imine (C=N–C) groups is 1. The number of hydrogen-bond donors (Lipinski definition) is 4.